The summed E-state index contributed by atoms with van der Waals surface area (Å²) in [6.45, 7) is 0. The Hall–Kier alpha value is 3.62. The fourth-order valence-electron chi connectivity index (χ4n) is 0. The van der Waals surface area contributed by atoms with Crippen LogP contribution in [0.4, 0.5) is 0 Å². The smallest absolute Gasteiger partial charge is 2.00 e. The zero-order valence-electron chi connectivity index (χ0n) is 3.49. The molecule has 0 aromatic heterocycles. The minimum absolute atomic E-state index is 0. The van der Waals surface area contributed by atoms with Gasteiger partial charge in [0, 0.05) is 0 Å². The quantitative estimate of drug-likeness (QED) is 0.488. The number of hydrogen-bond acceptors (Lipinski definition) is 0. The van der Waals surface area contributed by atoms with Crippen LogP contribution in [0, 0.1) is 35.6 Å². The molecule has 0 N–H and O–H groups in total. The molecule has 0 aromatic carbocycles. The van der Waals surface area contributed by atoms with Gasteiger partial charge in [-0.15, -0.1) is 0 Å². The minimum atomic E-state index is 0. The van der Waals surface area contributed by atoms with Gasteiger partial charge in [0.15, 0.2) is 0 Å². The third-order valence-corrected chi connectivity index (χ3v) is 0. The van der Waals surface area contributed by atoms with Crippen LogP contribution in [0.25, 0.3) is 0 Å². The summed E-state index contributed by atoms with van der Waals surface area (Å²) in [5.41, 5.74) is 0. The van der Waals surface area contributed by atoms with Crippen molar-refractivity contribution in [3.8, 4) is 0 Å². The van der Waals surface area contributed by atoms with E-state index in [2.05, 4.69) is 0 Å². The van der Waals surface area contributed by atoms with Crippen molar-refractivity contribution in [2.75, 3.05) is 0 Å². The Morgan fingerprint density at radius 3 is 0.571 bits per heavy atom. The van der Waals surface area contributed by atoms with E-state index >= 15 is 0 Å². The van der Waals surface area contributed by atoms with E-state index in [0.29, 0.717) is 0 Å². The molecule has 0 aliphatic rings. The van der Waals surface area contributed by atoms with E-state index < -0.39 is 0 Å². The van der Waals surface area contributed by atoms with Crippen LogP contribution in [0.5, 0.6) is 0 Å². The first kappa shape index (κ1) is 75.0. The molecule has 0 radical (unpaired) electrons. The summed E-state index contributed by atoms with van der Waals surface area (Å²) in [6, 6.07) is 0. The summed E-state index contributed by atoms with van der Waals surface area (Å²) in [5, 5.41) is 0. The molecule has 0 atom stereocenters. The first-order valence-electron chi connectivity index (χ1n) is 0. The predicted octanol–water partition coefficient (Wildman–Crippen LogP) is -0.859. The topological polar surface area (TPSA) is 114 Å². The van der Waals surface area contributed by atoms with Crippen LogP contribution >= 0.6 is 0 Å². The van der Waals surface area contributed by atoms with E-state index in [0.717, 1.165) is 0 Å². The third kappa shape index (κ3) is 42.6. The second-order valence-corrected chi connectivity index (χ2v) is 0. The molecule has 0 aromatic rings. The van der Waals surface area contributed by atoms with Crippen molar-refractivity contribution < 1.29 is 90.2 Å². The number of rotatable bonds is 0. The van der Waals surface area contributed by atoms with Gasteiger partial charge < -0.3 is 21.9 Å². The SMILES string of the molecule is [La+3].[O-2].[O-2].[O-2].[O-2].[Sr+2].[Y+3]. The van der Waals surface area contributed by atoms with E-state index in [1.54, 1.807) is 0 Å². The van der Waals surface area contributed by atoms with Gasteiger partial charge >= 0.3 is 114 Å². The second kappa shape index (κ2) is 54.6. The summed E-state index contributed by atoms with van der Waals surface area (Å²) in [6.07, 6.45) is 0. The van der Waals surface area contributed by atoms with Crippen molar-refractivity contribution in [1.29, 1.82) is 0 Å². The van der Waals surface area contributed by atoms with Crippen molar-refractivity contribution in [2.45, 2.75) is 0 Å². The molecule has 0 amide bonds. The fraction of sp³-hybridized carbons (Fsp3) is 0. The van der Waals surface area contributed by atoms with Gasteiger partial charge in [-0.25, -0.2) is 0 Å². The van der Waals surface area contributed by atoms with E-state index in [9.17, 15) is 0 Å². The van der Waals surface area contributed by atoms with Crippen molar-refractivity contribution in [2.24, 2.45) is 0 Å². The van der Waals surface area contributed by atoms with Crippen molar-refractivity contribution in [3.63, 3.8) is 0 Å². The van der Waals surface area contributed by atoms with Crippen molar-refractivity contribution in [1.82, 2.24) is 0 Å². The zero-order valence-corrected chi connectivity index (χ0v) is 13.4. The van der Waals surface area contributed by atoms with Gasteiger partial charge in [-0.05, 0) is 0 Å². The Bertz CT molecular complexity index is 11.7. The summed E-state index contributed by atoms with van der Waals surface area (Å²) in [5.74, 6) is 0. The molecule has 0 aliphatic heterocycles. The van der Waals surface area contributed by atoms with Crippen LogP contribution in [-0.4, -0.2) is 45.5 Å². The molecule has 0 saturated heterocycles. The molecule has 7 heavy (non-hydrogen) atoms. The molecule has 0 bridgehead atoms. The molecule has 0 unspecified atom stereocenters. The molecule has 0 rings (SSSR count). The largest absolute Gasteiger partial charge is 3.00 e. The predicted molar refractivity (Wildman–Crippen MR) is 8.50 cm³/mol. The van der Waals surface area contributed by atoms with Gasteiger partial charge in [0.25, 0.3) is 0 Å². The van der Waals surface area contributed by atoms with Gasteiger partial charge in [-0.2, -0.15) is 0 Å². The molecule has 0 aliphatic carbocycles. The first-order valence-corrected chi connectivity index (χ1v) is 0. The second-order valence-electron chi connectivity index (χ2n) is 0. The maximum Gasteiger partial charge on any atom is 3.00 e. The molecule has 7 heteroatoms. The van der Waals surface area contributed by atoms with Crippen LogP contribution in [0.2, 0.25) is 0 Å². The summed E-state index contributed by atoms with van der Waals surface area (Å²) in [4.78, 5) is 0. The molecule has 0 heterocycles. The summed E-state index contributed by atoms with van der Waals surface area (Å²) < 4.78 is 0. The van der Waals surface area contributed by atoms with Crippen LogP contribution in [0.3, 0.4) is 0 Å². The van der Waals surface area contributed by atoms with E-state index in [1.807, 2.05) is 0 Å². The summed E-state index contributed by atoms with van der Waals surface area (Å²) in [7, 11) is 0. The number of hydrogen-bond donors (Lipinski definition) is 0. The minimum Gasteiger partial charge on any atom is -2.00 e. The maximum atomic E-state index is 0. The van der Waals surface area contributed by atoms with Gasteiger partial charge in [-0.3, -0.25) is 0 Å². The van der Waals surface area contributed by atoms with Gasteiger partial charge in [-0.1, -0.05) is 0 Å². The molecule has 4 nitrogen and oxygen atoms in total. The standard InChI is InChI=1S/La.4O.Sr.Y/q+3;4*-2;+2;+3. The fourth-order valence-corrected chi connectivity index (χ4v) is 0. The Kier molecular flexibility index (Phi) is 585. The average molecular weight is 379 g/mol. The van der Waals surface area contributed by atoms with Gasteiger partial charge in [0.2, 0.25) is 0 Å². The van der Waals surface area contributed by atoms with E-state index in [1.165, 1.54) is 0 Å². The van der Waals surface area contributed by atoms with Crippen LogP contribution in [0.1, 0.15) is 0 Å². The Balaban J connectivity index is 0. The summed E-state index contributed by atoms with van der Waals surface area (Å²) >= 11 is 0. The monoisotopic (exact) mass is 380 g/mol. The Labute approximate surface area is 132 Å². The molecule has 32 valence electrons. The van der Waals surface area contributed by atoms with Gasteiger partial charge in [0.05, 0.1) is 0 Å². The average Bonchev–Trinajstić information content (AvgIpc) is 0. The van der Waals surface area contributed by atoms with Gasteiger partial charge in [0.1, 0.15) is 0 Å². The molecule has 0 saturated carbocycles. The maximum absolute atomic E-state index is 0. The molecule has 0 fully saturated rings. The zero-order chi connectivity index (χ0) is 0. The first-order chi connectivity index (χ1) is 0. The normalized spacial score (nSPS) is 0. The van der Waals surface area contributed by atoms with Crippen LogP contribution < -0.4 is 0 Å². The molecular formula is LaO4SrY. The molecule has 0 spiro atoms. The third-order valence-electron chi connectivity index (χ3n) is 0. The molecular weight excluding hydrogens is 379 g/mol. The van der Waals surface area contributed by atoms with Crippen LogP contribution in [-0.2, 0) is 54.6 Å². The van der Waals surface area contributed by atoms with Crippen molar-refractivity contribution >= 4 is 45.5 Å². The Morgan fingerprint density at radius 2 is 0.571 bits per heavy atom. The van der Waals surface area contributed by atoms with Crippen molar-refractivity contribution in [3.05, 3.63) is 0 Å². The van der Waals surface area contributed by atoms with Crippen LogP contribution in [0.15, 0.2) is 0 Å². The van der Waals surface area contributed by atoms with E-state index in [4.69, 9.17) is 0 Å². The van der Waals surface area contributed by atoms with E-state index in [-0.39, 0.29) is 136 Å². The Morgan fingerprint density at radius 1 is 0.571 bits per heavy atom.